The first kappa shape index (κ1) is 33.4. The van der Waals surface area contributed by atoms with Crippen molar-refractivity contribution in [1.82, 2.24) is 4.90 Å². The number of nitrogens with zero attached hydrogens (tertiary/aromatic N) is 1. The van der Waals surface area contributed by atoms with Crippen LogP contribution in [0.5, 0.6) is 0 Å². The number of benzene rings is 2. The third-order valence-corrected chi connectivity index (χ3v) is 8.03. The molecule has 10 nitrogen and oxygen atoms in total. The number of furan rings is 1. The van der Waals surface area contributed by atoms with Crippen LogP contribution >= 0.6 is 15.9 Å². The van der Waals surface area contributed by atoms with Crippen LogP contribution in [0.25, 0.3) is 0 Å². The van der Waals surface area contributed by atoms with Gasteiger partial charge in [0.25, 0.3) is 0 Å². The molecule has 2 aromatic carbocycles. The Balaban J connectivity index is 1.34. The van der Waals surface area contributed by atoms with Crippen molar-refractivity contribution in [1.29, 1.82) is 0 Å². The third kappa shape index (κ3) is 8.56. The minimum Gasteiger partial charge on any atom is -0.461 e. The van der Waals surface area contributed by atoms with Crippen LogP contribution in [0.3, 0.4) is 0 Å². The molecule has 0 bridgehead atoms. The fourth-order valence-electron chi connectivity index (χ4n) is 5.01. The highest BCUT2D eigenvalue weighted by atomic mass is 79.9. The Bertz CT molecular complexity index is 1380. The molecular formula is C33H38BrNO9. The average Bonchev–Trinajstić information content (AvgIpc) is 3.54. The quantitative estimate of drug-likeness (QED) is 0.155. The van der Waals surface area contributed by atoms with Crippen LogP contribution in [-0.4, -0.2) is 59.9 Å². The molecule has 0 aliphatic carbocycles. The molecule has 44 heavy (non-hydrogen) atoms. The molecule has 1 aliphatic heterocycles. The number of hydrogen-bond acceptors (Lipinski definition) is 9. The molecule has 0 saturated carbocycles. The predicted molar refractivity (Wildman–Crippen MR) is 163 cm³/mol. The zero-order chi connectivity index (χ0) is 31.6. The standard InChI is InChI=1S/C33H38BrNO9/c1-21(32(38)35-22(2)31(44-33(35)39)25-13-8-5-9-14-25)30(42-23(3)37)29-17-27(34)28(43-29)15-10-16-40-20-26(18-36)41-19-24-11-6-4-7-12-24/h4-9,11-14,17,21-22,26,30-31,36H,10,15-16,18-20H2,1-3H3/t21-,22-,26-,30-,31-/m1/s1. The average molecular weight is 673 g/mol. The number of amides is 2. The first-order chi connectivity index (χ1) is 21.2. The zero-order valence-electron chi connectivity index (χ0n) is 25.0. The van der Waals surface area contributed by atoms with Crippen molar-refractivity contribution in [3.05, 3.63) is 93.9 Å². The van der Waals surface area contributed by atoms with Crippen LogP contribution in [0.15, 0.2) is 75.6 Å². The SMILES string of the molecule is CC(=O)O[C@@H](c1cc(Br)c(CCCOC[C@@H](CO)OCc2ccccc2)o1)[C@@H](C)C(=O)N1C(=O)O[C@@H](c2ccccc2)[C@H]1C. The number of rotatable bonds is 15. The molecule has 1 aromatic heterocycles. The van der Waals surface area contributed by atoms with Crippen LogP contribution < -0.4 is 0 Å². The summed E-state index contributed by atoms with van der Waals surface area (Å²) >= 11 is 3.51. The van der Waals surface area contributed by atoms with Gasteiger partial charge in [-0.3, -0.25) is 9.59 Å². The van der Waals surface area contributed by atoms with Gasteiger partial charge in [0, 0.05) is 20.0 Å². The van der Waals surface area contributed by atoms with Crippen molar-refractivity contribution >= 4 is 33.9 Å². The first-order valence-corrected chi connectivity index (χ1v) is 15.4. The van der Waals surface area contributed by atoms with Gasteiger partial charge in [-0.2, -0.15) is 0 Å². The molecule has 4 rings (SSSR count). The van der Waals surface area contributed by atoms with E-state index >= 15 is 0 Å². The lowest BCUT2D eigenvalue weighted by Gasteiger charge is -2.26. The van der Waals surface area contributed by atoms with Crippen molar-refractivity contribution < 1.29 is 42.9 Å². The van der Waals surface area contributed by atoms with Crippen LogP contribution in [0.2, 0.25) is 0 Å². The maximum Gasteiger partial charge on any atom is 0.417 e. The summed E-state index contributed by atoms with van der Waals surface area (Å²) in [5.74, 6) is -1.20. The van der Waals surface area contributed by atoms with Crippen molar-refractivity contribution in [2.24, 2.45) is 5.92 Å². The van der Waals surface area contributed by atoms with Gasteiger partial charge in [0.1, 0.15) is 23.7 Å². The Kier molecular flexibility index (Phi) is 12.1. The summed E-state index contributed by atoms with van der Waals surface area (Å²) in [4.78, 5) is 39.5. The molecule has 1 saturated heterocycles. The molecule has 1 fully saturated rings. The van der Waals surface area contributed by atoms with Crippen molar-refractivity contribution in [3.63, 3.8) is 0 Å². The van der Waals surface area contributed by atoms with E-state index in [1.54, 1.807) is 19.9 Å². The van der Waals surface area contributed by atoms with Gasteiger partial charge in [-0.05, 0) is 53.4 Å². The van der Waals surface area contributed by atoms with Gasteiger partial charge in [-0.25, -0.2) is 9.69 Å². The highest BCUT2D eigenvalue weighted by Gasteiger charge is 2.47. The van der Waals surface area contributed by atoms with E-state index in [-0.39, 0.29) is 19.0 Å². The number of ether oxygens (including phenoxy) is 4. The number of aliphatic hydroxyl groups is 1. The molecule has 0 radical (unpaired) electrons. The van der Waals surface area contributed by atoms with Crippen molar-refractivity contribution in [2.75, 3.05) is 19.8 Å². The Morgan fingerprint density at radius 1 is 1.09 bits per heavy atom. The highest BCUT2D eigenvalue weighted by Crippen LogP contribution is 2.38. The number of aryl methyl sites for hydroxylation is 1. The van der Waals surface area contributed by atoms with Crippen LogP contribution in [0.4, 0.5) is 4.79 Å². The molecule has 1 N–H and O–H groups in total. The minimum absolute atomic E-state index is 0.158. The number of halogens is 1. The van der Waals surface area contributed by atoms with Crippen molar-refractivity contribution in [3.8, 4) is 0 Å². The highest BCUT2D eigenvalue weighted by molar-refractivity contribution is 9.10. The number of cyclic esters (lactones) is 1. The van der Waals surface area contributed by atoms with Crippen LogP contribution in [-0.2, 0) is 41.6 Å². The molecule has 0 spiro atoms. The maximum absolute atomic E-state index is 13.6. The Morgan fingerprint density at radius 3 is 2.43 bits per heavy atom. The molecule has 2 heterocycles. The smallest absolute Gasteiger partial charge is 0.417 e. The molecule has 0 unspecified atom stereocenters. The van der Waals surface area contributed by atoms with E-state index in [0.717, 1.165) is 16.0 Å². The van der Waals surface area contributed by atoms with Crippen molar-refractivity contribution in [2.45, 2.75) is 64.6 Å². The molecule has 236 valence electrons. The summed E-state index contributed by atoms with van der Waals surface area (Å²) in [6.07, 6.45) is -1.77. The summed E-state index contributed by atoms with van der Waals surface area (Å²) < 4.78 is 29.3. The Labute approximate surface area is 265 Å². The number of carbonyl (C=O) groups is 3. The van der Waals surface area contributed by atoms with Gasteiger partial charge in [-0.1, -0.05) is 60.7 Å². The van der Waals surface area contributed by atoms with Gasteiger partial charge < -0.3 is 28.5 Å². The predicted octanol–water partition coefficient (Wildman–Crippen LogP) is 5.92. The number of imide groups is 1. The zero-order valence-corrected chi connectivity index (χ0v) is 26.6. The lowest BCUT2D eigenvalue weighted by Crippen LogP contribution is -2.43. The van der Waals surface area contributed by atoms with E-state index in [0.29, 0.717) is 36.3 Å². The number of esters is 1. The van der Waals surface area contributed by atoms with E-state index in [1.807, 2.05) is 60.7 Å². The molecule has 3 aromatic rings. The van der Waals surface area contributed by atoms with Gasteiger partial charge in [0.05, 0.1) is 36.3 Å². The normalized spacial score (nSPS) is 18.5. The number of carbonyl (C=O) groups excluding carboxylic acids is 3. The molecular weight excluding hydrogens is 634 g/mol. The summed E-state index contributed by atoms with van der Waals surface area (Å²) in [5, 5.41) is 9.62. The fourth-order valence-corrected chi connectivity index (χ4v) is 5.51. The monoisotopic (exact) mass is 671 g/mol. The second-order valence-electron chi connectivity index (χ2n) is 10.7. The second kappa shape index (κ2) is 16.0. The van der Waals surface area contributed by atoms with Gasteiger partial charge in [0.2, 0.25) is 5.91 Å². The van der Waals surface area contributed by atoms with Crippen LogP contribution in [0.1, 0.15) is 62.0 Å². The topological polar surface area (TPSA) is 125 Å². The number of hydrogen-bond donors (Lipinski definition) is 1. The van der Waals surface area contributed by atoms with E-state index < -0.39 is 48.2 Å². The summed E-state index contributed by atoms with van der Waals surface area (Å²) in [7, 11) is 0. The van der Waals surface area contributed by atoms with E-state index in [9.17, 15) is 19.5 Å². The first-order valence-electron chi connectivity index (χ1n) is 14.6. The van der Waals surface area contributed by atoms with E-state index in [2.05, 4.69) is 15.9 Å². The molecule has 2 amide bonds. The third-order valence-electron chi connectivity index (χ3n) is 7.36. The molecule has 11 heteroatoms. The van der Waals surface area contributed by atoms with Crippen LogP contribution in [0, 0.1) is 5.92 Å². The lowest BCUT2D eigenvalue weighted by molar-refractivity contribution is -0.154. The minimum atomic E-state index is -1.07. The van der Waals surface area contributed by atoms with Gasteiger partial charge >= 0.3 is 12.1 Å². The Hall–Kier alpha value is -3.51. The summed E-state index contributed by atoms with van der Waals surface area (Å²) in [6, 6.07) is 20.0. The maximum atomic E-state index is 13.6. The van der Waals surface area contributed by atoms with Gasteiger partial charge in [-0.15, -0.1) is 0 Å². The lowest BCUT2D eigenvalue weighted by atomic mass is 9.98. The van der Waals surface area contributed by atoms with E-state index in [1.165, 1.54) is 6.92 Å². The fraction of sp³-hybridized carbons (Fsp3) is 0.424. The largest absolute Gasteiger partial charge is 0.461 e. The van der Waals surface area contributed by atoms with Gasteiger partial charge in [0.15, 0.2) is 6.10 Å². The molecule has 1 aliphatic rings. The van der Waals surface area contributed by atoms with E-state index in [4.69, 9.17) is 23.4 Å². The summed E-state index contributed by atoms with van der Waals surface area (Å²) in [6.45, 7) is 5.45. The Morgan fingerprint density at radius 2 is 1.77 bits per heavy atom. The summed E-state index contributed by atoms with van der Waals surface area (Å²) in [5.41, 5.74) is 1.79. The molecule has 5 atom stereocenters. The second-order valence-corrected chi connectivity index (χ2v) is 11.5. The number of aliphatic hydroxyl groups excluding tert-OH is 1.